The normalized spacial score (nSPS) is 13.6. The summed E-state index contributed by atoms with van der Waals surface area (Å²) in [7, 11) is 0. The van der Waals surface area contributed by atoms with E-state index in [-0.39, 0.29) is 11.7 Å². The van der Waals surface area contributed by atoms with Gasteiger partial charge in [0.15, 0.2) is 0 Å². The number of fused-ring (bicyclic) bond motifs is 1. The minimum atomic E-state index is -0.482. The Morgan fingerprint density at radius 2 is 1.73 bits per heavy atom. The van der Waals surface area contributed by atoms with Crippen molar-refractivity contribution in [2.45, 2.75) is 12.8 Å². The van der Waals surface area contributed by atoms with Crippen LogP contribution >= 0.6 is 0 Å². The van der Waals surface area contributed by atoms with E-state index in [4.69, 9.17) is 5.73 Å². The number of aryl methyl sites for hydroxylation is 1. The Kier molecular flexibility index (Phi) is 3.63. The monoisotopic (exact) mass is 298 g/mol. The van der Waals surface area contributed by atoms with Crippen molar-refractivity contribution in [3.63, 3.8) is 0 Å². The second kappa shape index (κ2) is 5.60. The fraction of sp³-hybridized carbons (Fsp3) is 0.176. The Balaban J connectivity index is 1.96. The molecule has 2 amide bonds. The van der Waals surface area contributed by atoms with Gasteiger partial charge in [-0.05, 0) is 60.9 Å². The summed E-state index contributed by atoms with van der Waals surface area (Å²) in [6.07, 6.45) is 1.60. The molecule has 22 heavy (non-hydrogen) atoms. The molecular formula is C17H15FN2O2. The largest absolute Gasteiger partial charge is 0.366 e. The molecule has 2 aromatic rings. The van der Waals surface area contributed by atoms with Crippen LogP contribution in [0.5, 0.6) is 0 Å². The number of hydrogen-bond donors (Lipinski definition) is 1. The zero-order valence-corrected chi connectivity index (χ0v) is 11.9. The average Bonchev–Trinajstić information content (AvgIpc) is 2.53. The molecule has 1 aliphatic rings. The molecular weight excluding hydrogens is 283 g/mol. The zero-order valence-electron chi connectivity index (χ0n) is 11.9. The zero-order chi connectivity index (χ0) is 15.7. The van der Waals surface area contributed by atoms with Crippen molar-refractivity contribution in [2.75, 3.05) is 11.4 Å². The number of halogens is 1. The van der Waals surface area contributed by atoms with Crippen molar-refractivity contribution in [3.8, 4) is 0 Å². The molecule has 0 spiro atoms. The number of amides is 2. The van der Waals surface area contributed by atoms with Gasteiger partial charge in [-0.2, -0.15) is 0 Å². The molecule has 0 bridgehead atoms. The van der Waals surface area contributed by atoms with E-state index in [2.05, 4.69) is 0 Å². The van der Waals surface area contributed by atoms with Crippen molar-refractivity contribution in [1.29, 1.82) is 0 Å². The first-order valence-electron chi connectivity index (χ1n) is 7.06. The Labute approximate surface area is 127 Å². The van der Waals surface area contributed by atoms with Gasteiger partial charge in [-0.3, -0.25) is 9.59 Å². The number of carbonyl (C=O) groups excluding carboxylic acids is 2. The molecule has 2 N–H and O–H groups in total. The summed E-state index contributed by atoms with van der Waals surface area (Å²) < 4.78 is 13.0. The molecule has 1 aliphatic heterocycles. The van der Waals surface area contributed by atoms with Crippen LogP contribution in [0.2, 0.25) is 0 Å². The summed E-state index contributed by atoms with van der Waals surface area (Å²) in [5.41, 5.74) is 7.88. The van der Waals surface area contributed by atoms with Crippen LogP contribution in [0.3, 0.4) is 0 Å². The highest BCUT2D eigenvalue weighted by Crippen LogP contribution is 2.29. The molecule has 0 radical (unpaired) electrons. The Bertz CT molecular complexity index is 741. The van der Waals surface area contributed by atoms with Gasteiger partial charge in [0.25, 0.3) is 5.91 Å². The quantitative estimate of drug-likeness (QED) is 0.926. The maximum absolute atomic E-state index is 13.0. The molecule has 0 unspecified atom stereocenters. The molecule has 112 valence electrons. The van der Waals surface area contributed by atoms with Crippen LogP contribution in [0.15, 0.2) is 42.5 Å². The van der Waals surface area contributed by atoms with Crippen molar-refractivity contribution in [1.82, 2.24) is 0 Å². The second-order valence-electron chi connectivity index (χ2n) is 5.27. The lowest BCUT2D eigenvalue weighted by Gasteiger charge is -2.30. The van der Waals surface area contributed by atoms with Crippen LogP contribution < -0.4 is 10.6 Å². The number of anilines is 1. The molecule has 0 fully saturated rings. The fourth-order valence-electron chi connectivity index (χ4n) is 2.71. The lowest BCUT2D eigenvalue weighted by atomic mass is 9.98. The standard InChI is InChI=1S/C17H15FN2O2/c18-14-6-3-11(4-7-14)17(22)20-9-1-2-12-10-13(16(19)21)5-8-15(12)20/h3-8,10H,1-2,9H2,(H2,19,21). The summed E-state index contributed by atoms with van der Waals surface area (Å²) in [5, 5.41) is 0. The first-order valence-corrected chi connectivity index (χ1v) is 7.06. The third kappa shape index (κ3) is 2.57. The molecule has 4 nitrogen and oxygen atoms in total. The fourth-order valence-corrected chi connectivity index (χ4v) is 2.71. The minimum absolute atomic E-state index is 0.173. The third-order valence-electron chi connectivity index (χ3n) is 3.82. The molecule has 1 heterocycles. The summed E-state index contributed by atoms with van der Waals surface area (Å²) in [6, 6.07) is 10.6. The van der Waals surface area contributed by atoms with E-state index < -0.39 is 5.91 Å². The van der Waals surface area contributed by atoms with Crippen molar-refractivity contribution < 1.29 is 14.0 Å². The molecule has 0 aromatic heterocycles. The van der Waals surface area contributed by atoms with Gasteiger partial charge in [0.2, 0.25) is 5.91 Å². The number of hydrogen-bond acceptors (Lipinski definition) is 2. The molecule has 0 saturated heterocycles. The number of nitrogens with two attached hydrogens (primary N) is 1. The summed E-state index contributed by atoms with van der Waals surface area (Å²) >= 11 is 0. The van der Waals surface area contributed by atoms with E-state index in [1.54, 1.807) is 23.1 Å². The number of primary amides is 1. The SMILES string of the molecule is NC(=O)c1ccc2c(c1)CCCN2C(=O)c1ccc(F)cc1. The predicted molar refractivity (Wildman–Crippen MR) is 81.4 cm³/mol. The van der Waals surface area contributed by atoms with Crippen LogP contribution in [-0.2, 0) is 6.42 Å². The number of benzene rings is 2. The van der Waals surface area contributed by atoms with E-state index in [1.165, 1.54) is 24.3 Å². The van der Waals surface area contributed by atoms with Crippen molar-refractivity contribution in [2.24, 2.45) is 5.73 Å². The van der Waals surface area contributed by atoms with Gasteiger partial charge in [-0.25, -0.2) is 4.39 Å². The Morgan fingerprint density at radius 3 is 2.41 bits per heavy atom. The maximum atomic E-state index is 13.0. The molecule has 0 saturated carbocycles. The van der Waals surface area contributed by atoms with Crippen molar-refractivity contribution in [3.05, 3.63) is 65.0 Å². The van der Waals surface area contributed by atoms with Crippen LogP contribution in [0, 0.1) is 5.82 Å². The first kappa shape index (κ1) is 14.3. The first-order chi connectivity index (χ1) is 10.6. The number of carbonyl (C=O) groups is 2. The van der Waals surface area contributed by atoms with E-state index in [9.17, 15) is 14.0 Å². The highest BCUT2D eigenvalue weighted by atomic mass is 19.1. The van der Waals surface area contributed by atoms with Crippen LogP contribution in [-0.4, -0.2) is 18.4 Å². The molecule has 5 heteroatoms. The Morgan fingerprint density at radius 1 is 1.05 bits per heavy atom. The molecule has 2 aromatic carbocycles. The van der Waals surface area contributed by atoms with E-state index in [0.717, 1.165) is 24.1 Å². The van der Waals surface area contributed by atoms with Crippen LogP contribution in [0.4, 0.5) is 10.1 Å². The van der Waals surface area contributed by atoms with Gasteiger partial charge in [0, 0.05) is 23.4 Å². The van der Waals surface area contributed by atoms with Crippen LogP contribution in [0.1, 0.15) is 32.7 Å². The van der Waals surface area contributed by atoms with Gasteiger partial charge in [0.1, 0.15) is 5.82 Å². The third-order valence-corrected chi connectivity index (χ3v) is 3.82. The van der Waals surface area contributed by atoms with E-state index in [1.807, 2.05) is 0 Å². The van der Waals surface area contributed by atoms with Gasteiger partial charge < -0.3 is 10.6 Å². The van der Waals surface area contributed by atoms with Gasteiger partial charge in [-0.15, -0.1) is 0 Å². The van der Waals surface area contributed by atoms with Gasteiger partial charge >= 0.3 is 0 Å². The number of nitrogens with zero attached hydrogens (tertiary/aromatic N) is 1. The highest BCUT2D eigenvalue weighted by Gasteiger charge is 2.24. The van der Waals surface area contributed by atoms with Gasteiger partial charge in [0.05, 0.1) is 0 Å². The van der Waals surface area contributed by atoms with Crippen molar-refractivity contribution >= 4 is 17.5 Å². The van der Waals surface area contributed by atoms with E-state index in [0.29, 0.717) is 17.7 Å². The average molecular weight is 298 g/mol. The summed E-state index contributed by atoms with van der Waals surface area (Å²) in [5.74, 6) is -1.03. The maximum Gasteiger partial charge on any atom is 0.258 e. The Hall–Kier alpha value is -2.69. The lowest BCUT2D eigenvalue weighted by Crippen LogP contribution is -2.35. The topological polar surface area (TPSA) is 63.4 Å². The van der Waals surface area contributed by atoms with Crippen LogP contribution in [0.25, 0.3) is 0 Å². The highest BCUT2D eigenvalue weighted by molar-refractivity contribution is 6.07. The predicted octanol–water partition coefficient (Wildman–Crippen LogP) is 2.52. The molecule has 0 atom stereocenters. The van der Waals surface area contributed by atoms with Gasteiger partial charge in [-0.1, -0.05) is 0 Å². The lowest BCUT2D eigenvalue weighted by molar-refractivity contribution is 0.0983. The summed E-state index contributed by atoms with van der Waals surface area (Å²) in [6.45, 7) is 0.596. The smallest absolute Gasteiger partial charge is 0.258 e. The molecule has 0 aliphatic carbocycles. The summed E-state index contributed by atoms with van der Waals surface area (Å²) in [4.78, 5) is 25.5. The number of rotatable bonds is 2. The minimum Gasteiger partial charge on any atom is -0.366 e. The molecule has 3 rings (SSSR count). The van der Waals surface area contributed by atoms with E-state index >= 15 is 0 Å². The second-order valence-corrected chi connectivity index (χ2v) is 5.27.